The number of unbranched alkanes of at least 4 members (excludes halogenated alkanes) is 22. The second kappa shape index (κ2) is 70.6. The van der Waals surface area contributed by atoms with Crippen molar-refractivity contribution in [3.05, 3.63) is 134 Å². The van der Waals surface area contributed by atoms with Crippen LogP contribution in [0.4, 0.5) is 0 Å². The third-order valence-electron chi connectivity index (χ3n) is 15.1. The number of aliphatic hydroxyl groups is 1. The Kier molecular flexibility index (Phi) is 67.2. The van der Waals surface area contributed by atoms with Crippen molar-refractivity contribution in [3.8, 4) is 0 Å². The predicted octanol–water partition coefficient (Wildman–Crippen LogP) is 21.3. The van der Waals surface area contributed by atoms with Crippen molar-refractivity contribution < 1.29 is 80.2 Å². The average molecular weight is 1420 g/mol. The molecule has 0 aromatic rings. The Bertz CT molecular complexity index is 2380. The number of ether oxygens (including phenoxy) is 4. The molecular weight excluding hydrogens is 1280 g/mol. The zero-order valence-electron chi connectivity index (χ0n) is 60.9. The number of hydrogen-bond donors (Lipinski definition) is 3. The number of phosphoric ester groups is 2. The number of allylic oxidation sites excluding steroid dienone is 21. The topological polar surface area (TPSA) is 237 Å². The van der Waals surface area contributed by atoms with Gasteiger partial charge in [0, 0.05) is 19.3 Å². The minimum absolute atomic E-state index is 0.0679. The lowest BCUT2D eigenvalue weighted by molar-refractivity contribution is -0.161. The molecule has 0 heterocycles. The zero-order chi connectivity index (χ0) is 71.8. The van der Waals surface area contributed by atoms with Gasteiger partial charge in [0.05, 0.1) is 32.8 Å². The summed E-state index contributed by atoms with van der Waals surface area (Å²) in [6.45, 7) is 4.41. The number of rotatable bonds is 69. The summed E-state index contributed by atoms with van der Waals surface area (Å²) in [6.07, 6.45) is 77.6. The molecule has 0 aliphatic rings. The fourth-order valence-corrected chi connectivity index (χ4v) is 11.1. The minimum Gasteiger partial charge on any atom is -0.462 e. The summed E-state index contributed by atoms with van der Waals surface area (Å²) in [7, 11) is -9.98. The van der Waals surface area contributed by atoms with Crippen LogP contribution >= 0.6 is 15.6 Å². The van der Waals surface area contributed by atoms with Gasteiger partial charge in [-0.05, 0) is 116 Å². The first-order valence-electron chi connectivity index (χ1n) is 37.4. The zero-order valence-corrected chi connectivity index (χ0v) is 62.7. The third-order valence-corrected chi connectivity index (χ3v) is 17.0. The average Bonchev–Trinajstić information content (AvgIpc) is 0.971. The standard InChI is InChI=1S/C79H132O17P2/c1-5-9-13-17-21-25-29-33-35-36-38-42-44-48-52-56-60-64-77(82)90-70-75(96-79(84)66-62-58-54-50-46-40-32-28-24-20-16-12-8-4)72-94-98(87,88)92-68-73(80)67-91-97(85,86)93-71-74(95-78(83)65-61-57-53-49-45-39-31-27-23-19-15-11-7-3)69-89-76(81)63-59-55-51-47-43-41-37-34-30-26-22-18-14-10-6-2/h9-10,13-14,16,20-22,25-26,28,32-35,37-38,42-43,47,55,59,73-75,80H,5-8,11-12,15,17-19,23-24,27,29-31,36,39-41,44-46,48-54,56-58,60-72H2,1-4H3,(H,85,86)(H,87,88)/b13-9-,14-10-,20-16-,25-21-,26-22-,32-28-,35-33-,37-34-,42-38-,47-43-,59-55-. The van der Waals surface area contributed by atoms with Crippen LogP contribution in [-0.2, 0) is 65.4 Å². The van der Waals surface area contributed by atoms with Crippen LogP contribution in [0, 0.1) is 0 Å². The lowest BCUT2D eigenvalue weighted by atomic mass is 10.0. The summed E-state index contributed by atoms with van der Waals surface area (Å²) >= 11 is 0. The Morgan fingerprint density at radius 3 is 0.949 bits per heavy atom. The molecule has 19 heteroatoms. The SMILES string of the molecule is CC/C=C\C/C=C\C/C=C\C/C=C\C/C=C\CC(=O)OCC(COP(=O)(O)OCC(O)COP(=O)(O)OCC(COC(=O)CCCCCC/C=C\C/C=C\C/C=C\C/C=C\CC)OC(=O)CCCCCCC/C=C\C/C=C\CCC)OC(=O)CCCCCCCCCCCCCCC. The second-order valence-corrected chi connectivity index (χ2v) is 27.4. The van der Waals surface area contributed by atoms with Crippen LogP contribution < -0.4 is 0 Å². The molecule has 17 nitrogen and oxygen atoms in total. The normalized spacial score (nSPS) is 14.7. The summed E-state index contributed by atoms with van der Waals surface area (Å²) in [5, 5.41) is 10.6. The van der Waals surface area contributed by atoms with Gasteiger partial charge in [-0.1, -0.05) is 277 Å². The van der Waals surface area contributed by atoms with Gasteiger partial charge in [-0.3, -0.25) is 37.3 Å². The van der Waals surface area contributed by atoms with E-state index in [1.54, 1.807) is 6.08 Å². The number of carbonyl (C=O) groups is 4. The number of hydrogen-bond acceptors (Lipinski definition) is 15. The highest BCUT2D eigenvalue weighted by Crippen LogP contribution is 2.45. The fraction of sp³-hybridized carbons (Fsp3) is 0.671. The minimum atomic E-state index is -4.99. The van der Waals surface area contributed by atoms with E-state index in [9.17, 15) is 43.2 Å². The van der Waals surface area contributed by atoms with Gasteiger partial charge in [-0.25, -0.2) is 9.13 Å². The van der Waals surface area contributed by atoms with Crippen molar-refractivity contribution in [1.29, 1.82) is 0 Å². The van der Waals surface area contributed by atoms with Crippen molar-refractivity contribution in [1.82, 2.24) is 0 Å². The molecule has 0 spiro atoms. The van der Waals surface area contributed by atoms with E-state index in [0.717, 1.165) is 154 Å². The summed E-state index contributed by atoms with van der Waals surface area (Å²) in [5.74, 6) is -2.37. The molecule has 0 radical (unpaired) electrons. The molecule has 0 rings (SSSR count). The lowest BCUT2D eigenvalue weighted by Crippen LogP contribution is -2.30. The monoisotopic (exact) mass is 1410 g/mol. The number of aliphatic hydroxyl groups excluding tert-OH is 1. The van der Waals surface area contributed by atoms with Crippen LogP contribution in [0.25, 0.3) is 0 Å². The Labute approximate surface area is 593 Å². The van der Waals surface area contributed by atoms with Gasteiger partial charge in [-0.15, -0.1) is 0 Å². The largest absolute Gasteiger partial charge is 0.472 e. The van der Waals surface area contributed by atoms with Gasteiger partial charge in [0.25, 0.3) is 0 Å². The number of carbonyl (C=O) groups excluding carboxylic acids is 4. The first-order valence-corrected chi connectivity index (χ1v) is 40.4. The molecule has 0 aromatic carbocycles. The van der Waals surface area contributed by atoms with E-state index in [4.69, 9.17) is 37.0 Å². The fourth-order valence-electron chi connectivity index (χ4n) is 9.50. The molecule has 0 amide bonds. The molecule has 0 bridgehead atoms. The summed E-state index contributed by atoms with van der Waals surface area (Å²) in [6, 6.07) is 0. The Morgan fingerprint density at radius 2 is 0.592 bits per heavy atom. The Balaban J connectivity index is 5.43. The van der Waals surface area contributed by atoms with E-state index in [1.165, 1.54) is 51.4 Å². The van der Waals surface area contributed by atoms with Gasteiger partial charge >= 0.3 is 39.5 Å². The molecule has 0 saturated heterocycles. The summed E-state index contributed by atoms with van der Waals surface area (Å²) in [5.41, 5.74) is 0. The Morgan fingerprint density at radius 1 is 0.306 bits per heavy atom. The first-order chi connectivity index (χ1) is 47.7. The predicted molar refractivity (Wildman–Crippen MR) is 399 cm³/mol. The van der Waals surface area contributed by atoms with Gasteiger partial charge < -0.3 is 33.8 Å². The van der Waals surface area contributed by atoms with E-state index >= 15 is 0 Å². The highest BCUT2D eigenvalue weighted by Gasteiger charge is 2.30. The maximum Gasteiger partial charge on any atom is 0.472 e. The van der Waals surface area contributed by atoms with Crippen molar-refractivity contribution in [2.45, 2.75) is 303 Å². The van der Waals surface area contributed by atoms with Gasteiger partial charge in [0.15, 0.2) is 12.2 Å². The van der Waals surface area contributed by atoms with Crippen LogP contribution in [0.2, 0.25) is 0 Å². The van der Waals surface area contributed by atoms with Crippen molar-refractivity contribution in [2.24, 2.45) is 0 Å². The van der Waals surface area contributed by atoms with Crippen molar-refractivity contribution >= 4 is 39.5 Å². The van der Waals surface area contributed by atoms with E-state index in [-0.39, 0.29) is 25.7 Å². The maximum absolute atomic E-state index is 13.1. The molecule has 560 valence electrons. The molecule has 98 heavy (non-hydrogen) atoms. The first kappa shape index (κ1) is 93.2. The van der Waals surface area contributed by atoms with Gasteiger partial charge in [-0.2, -0.15) is 0 Å². The number of esters is 4. The molecular formula is C79H132O17P2. The third kappa shape index (κ3) is 69.7. The van der Waals surface area contributed by atoms with Gasteiger partial charge in [0.1, 0.15) is 19.3 Å². The molecule has 5 unspecified atom stereocenters. The smallest absolute Gasteiger partial charge is 0.462 e. The maximum atomic E-state index is 13.1. The molecule has 3 N–H and O–H groups in total. The van der Waals surface area contributed by atoms with Crippen molar-refractivity contribution in [3.63, 3.8) is 0 Å². The van der Waals surface area contributed by atoms with Gasteiger partial charge in [0.2, 0.25) is 0 Å². The highest BCUT2D eigenvalue weighted by molar-refractivity contribution is 7.47. The summed E-state index contributed by atoms with van der Waals surface area (Å²) < 4.78 is 68.3. The summed E-state index contributed by atoms with van der Waals surface area (Å²) in [4.78, 5) is 72.7. The second-order valence-electron chi connectivity index (χ2n) is 24.5. The van der Waals surface area contributed by atoms with E-state index < -0.39 is 97.5 Å². The number of phosphoric acid groups is 2. The molecule has 5 atom stereocenters. The van der Waals surface area contributed by atoms with Crippen LogP contribution in [0.5, 0.6) is 0 Å². The molecule has 0 fully saturated rings. The van der Waals surface area contributed by atoms with Crippen LogP contribution in [0.15, 0.2) is 134 Å². The molecule has 0 aromatic heterocycles. The quantitative estimate of drug-likeness (QED) is 0.0169. The Hall–Kier alpha value is -4.80. The van der Waals surface area contributed by atoms with E-state index in [2.05, 4.69) is 137 Å². The molecule has 0 saturated carbocycles. The lowest BCUT2D eigenvalue weighted by Gasteiger charge is -2.21. The van der Waals surface area contributed by atoms with Crippen LogP contribution in [0.1, 0.15) is 285 Å². The van der Waals surface area contributed by atoms with Crippen LogP contribution in [0.3, 0.4) is 0 Å². The van der Waals surface area contributed by atoms with Crippen molar-refractivity contribution in [2.75, 3.05) is 39.6 Å². The molecule has 0 aliphatic heterocycles. The van der Waals surface area contributed by atoms with E-state index in [1.807, 2.05) is 18.2 Å². The van der Waals surface area contributed by atoms with Crippen LogP contribution in [-0.4, -0.2) is 96.7 Å². The molecule has 0 aliphatic carbocycles. The van der Waals surface area contributed by atoms with E-state index in [0.29, 0.717) is 25.7 Å². The highest BCUT2D eigenvalue weighted by atomic mass is 31.2.